The number of carbonyl (C=O) groups excluding carboxylic acids is 4. The first-order chi connectivity index (χ1) is 21.8. The van der Waals surface area contributed by atoms with Crippen molar-refractivity contribution in [2.45, 2.75) is 60.9 Å². The van der Waals surface area contributed by atoms with E-state index in [9.17, 15) is 19.2 Å². The third-order valence-electron chi connectivity index (χ3n) is 9.86. The molecule has 0 N–H and O–H groups in total. The largest absolute Gasteiger partial charge is 0.715 e. The van der Waals surface area contributed by atoms with E-state index in [0.29, 0.717) is 59.3 Å². The molecule has 12 rings (SSSR count). The number of carbonyl (C=O) groups is 4. The number of rotatable bonds is 4. The van der Waals surface area contributed by atoms with Crippen LogP contribution in [0.4, 0.5) is 0 Å². The minimum Gasteiger partial charge on any atom is -0.484 e. The highest BCUT2D eigenvalue weighted by Crippen LogP contribution is 2.41. The summed E-state index contributed by atoms with van der Waals surface area (Å²) in [6, 6.07) is 0. The lowest BCUT2D eigenvalue weighted by Gasteiger charge is -2.46. The molecule has 12 heterocycles. The number of hydrogen-bond acceptors (Lipinski definition) is 16. The molecule has 12 aliphatic rings. The Balaban J connectivity index is 0.000000121. The summed E-state index contributed by atoms with van der Waals surface area (Å²) in [6.45, 7) is 14.4. The van der Waals surface area contributed by atoms with Crippen LogP contribution in [-0.2, 0) is 75.3 Å². The summed E-state index contributed by atoms with van der Waals surface area (Å²) in [7, 11) is -2.23. The predicted octanol–water partition coefficient (Wildman–Crippen LogP) is 0.676. The van der Waals surface area contributed by atoms with Crippen molar-refractivity contribution in [2.75, 3.05) is 52.9 Å². The van der Waals surface area contributed by atoms with Crippen LogP contribution >= 0.6 is 0 Å². The zero-order valence-corrected chi connectivity index (χ0v) is 27.1. The Kier molecular flexibility index (Phi) is 10.4. The van der Waals surface area contributed by atoms with Crippen molar-refractivity contribution in [2.24, 2.45) is 33.5 Å². The van der Waals surface area contributed by atoms with Gasteiger partial charge in [0.1, 0.15) is 21.7 Å². The van der Waals surface area contributed by atoms with E-state index < -0.39 is 50.1 Å². The zero-order chi connectivity index (χ0) is 33.3. The van der Waals surface area contributed by atoms with Crippen molar-refractivity contribution in [3.05, 3.63) is 0 Å². The average molecular weight is 654 g/mol. The molecule has 0 saturated carbocycles. The molecule has 0 aromatic carbocycles. The summed E-state index contributed by atoms with van der Waals surface area (Å²) in [5.41, 5.74) is -2.19. The van der Waals surface area contributed by atoms with Crippen molar-refractivity contribution >= 4 is 45.8 Å². The Labute approximate surface area is 268 Å². The van der Waals surface area contributed by atoms with E-state index in [1.54, 1.807) is 6.92 Å². The summed E-state index contributed by atoms with van der Waals surface area (Å²) in [5.74, 6) is -0.311. The summed E-state index contributed by atoms with van der Waals surface area (Å²) >= 11 is 0. The van der Waals surface area contributed by atoms with Crippen molar-refractivity contribution in [1.82, 2.24) is 0 Å². The molecule has 0 amide bonds. The van der Waals surface area contributed by atoms with Crippen LogP contribution in [0.5, 0.6) is 0 Å². The molecule has 19 heteroatoms. The molecule has 0 aromatic rings. The standard InChI is InChI=1S/C9H14O4.C7H11BO4.C6H9BO4.C5H7BO4/c1-3-6(2)9-4-11-8(12-5-9)13-7(9)10;1-5(2)7-3-10-8(11-4-7)12-6(7)9;1-2-6-3-9-7(10-4-6)11-5(6)8;1-5-2-8-6(9-3-5)10-4(5)7/h6,8H,3-5H2,1-2H3;5H,3-4H2,1-2H3;2-4H2,1H3;2-3H2,1H3. The number of hydrogen-bond donors (Lipinski definition) is 0. The van der Waals surface area contributed by atoms with Gasteiger partial charge in [0.2, 0.25) is 0 Å². The van der Waals surface area contributed by atoms with E-state index in [-0.39, 0.29) is 35.7 Å². The first-order valence-corrected chi connectivity index (χ1v) is 15.6. The second-order valence-corrected chi connectivity index (χ2v) is 13.2. The van der Waals surface area contributed by atoms with Crippen LogP contribution in [0, 0.1) is 33.5 Å². The minimum atomic E-state index is -0.752. The maximum atomic E-state index is 11.6. The first kappa shape index (κ1) is 35.1. The molecule has 0 radical (unpaired) electrons. The van der Waals surface area contributed by atoms with Gasteiger partial charge in [-0.05, 0) is 25.2 Å². The van der Waals surface area contributed by atoms with Crippen molar-refractivity contribution in [1.29, 1.82) is 0 Å². The maximum absolute atomic E-state index is 11.6. The molecule has 46 heavy (non-hydrogen) atoms. The van der Waals surface area contributed by atoms with Crippen LogP contribution < -0.4 is 0 Å². The van der Waals surface area contributed by atoms with E-state index in [0.717, 1.165) is 6.42 Å². The Bertz CT molecular complexity index is 1140. The van der Waals surface area contributed by atoms with E-state index in [2.05, 4.69) is 0 Å². The Morgan fingerprint density at radius 2 is 1.11 bits per heavy atom. The van der Waals surface area contributed by atoms with Gasteiger partial charge in [0.25, 0.3) is 0 Å². The van der Waals surface area contributed by atoms with Crippen molar-refractivity contribution in [3.63, 3.8) is 0 Å². The van der Waals surface area contributed by atoms with Gasteiger partial charge in [-0.1, -0.05) is 41.0 Å². The van der Waals surface area contributed by atoms with Gasteiger partial charge in [-0.3, -0.25) is 19.2 Å². The SMILES string of the molecule is CC(C)C12COB(OC1)OC2=O.CC12COB(OC1)OC2=O.CCC(C)C12COC(OC1)OC2=O.CCC12COB(OC1)OC2=O. The van der Waals surface area contributed by atoms with E-state index in [1.165, 1.54) is 0 Å². The summed E-state index contributed by atoms with van der Waals surface area (Å²) in [5, 5.41) is 0. The number of fused-ring (bicyclic) bond motifs is 12. The lowest BCUT2D eigenvalue weighted by molar-refractivity contribution is -0.366. The highest BCUT2D eigenvalue weighted by Gasteiger charge is 2.57. The second-order valence-electron chi connectivity index (χ2n) is 13.2. The lowest BCUT2D eigenvalue weighted by atomic mass is 9.75. The van der Waals surface area contributed by atoms with E-state index >= 15 is 0 Å². The Morgan fingerprint density at radius 1 is 0.630 bits per heavy atom. The van der Waals surface area contributed by atoms with E-state index in [4.69, 9.17) is 56.1 Å². The molecular weight excluding hydrogens is 613 g/mol. The topological polar surface area (TPSA) is 179 Å². The summed E-state index contributed by atoms with van der Waals surface area (Å²) in [4.78, 5) is 45.3. The molecule has 12 fully saturated rings. The van der Waals surface area contributed by atoms with Gasteiger partial charge in [0, 0.05) is 0 Å². The van der Waals surface area contributed by atoms with Gasteiger partial charge >= 0.3 is 52.3 Å². The van der Waals surface area contributed by atoms with Crippen LogP contribution in [0.3, 0.4) is 0 Å². The van der Waals surface area contributed by atoms with Crippen LogP contribution in [0.1, 0.15) is 54.4 Å². The lowest BCUT2D eigenvalue weighted by Crippen LogP contribution is -2.60. The molecule has 254 valence electrons. The van der Waals surface area contributed by atoms with Gasteiger partial charge in [0.05, 0.1) is 52.9 Å². The minimum absolute atomic E-state index is 0.163. The van der Waals surface area contributed by atoms with Crippen LogP contribution in [0.25, 0.3) is 0 Å². The number of ether oxygens (including phenoxy) is 3. The van der Waals surface area contributed by atoms with E-state index in [1.807, 2.05) is 34.6 Å². The summed E-state index contributed by atoms with van der Waals surface area (Å²) in [6.07, 6.45) is 1.63. The third-order valence-corrected chi connectivity index (χ3v) is 9.86. The fourth-order valence-electron chi connectivity index (χ4n) is 5.57. The van der Waals surface area contributed by atoms with Crippen LogP contribution in [-0.4, -0.2) is 105 Å². The molecule has 12 aliphatic heterocycles. The smallest absolute Gasteiger partial charge is 0.484 e. The monoisotopic (exact) mass is 654 g/mol. The first-order valence-electron chi connectivity index (χ1n) is 15.6. The van der Waals surface area contributed by atoms with Gasteiger partial charge in [-0.2, -0.15) is 0 Å². The predicted molar refractivity (Wildman–Crippen MR) is 153 cm³/mol. The van der Waals surface area contributed by atoms with Crippen molar-refractivity contribution < 1.29 is 75.3 Å². The molecule has 1 atom stereocenters. The molecular formula is C27H41B3O16. The highest BCUT2D eigenvalue weighted by molar-refractivity contribution is 6.41. The molecule has 0 aliphatic carbocycles. The fraction of sp³-hybridized carbons (Fsp3) is 0.852. The second kappa shape index (κ2) is 13.7. The highest BCUT2D eigenvalue weighted by atomic mass is 16.9. The van der Waals surface area contributed by atoms with Crippen molar-refractivity contribution in [3.8, 4) is 0 Å². The summed E-state index contributed by atoms with van der Waals surface area (Å²) < 4.78 is 60.1. The third kappa shape index (κ3) is 6.57. The molecule has 1 unspecified atom stereocenters. The van der Waals surface area contributed by atoms with Gasteiger partial charge in [0.15, 0.2) is 0 Å². The average Bonchev–Trinajstić information content (AvgIpc) is 3.07. The molecule has 8 bridgehead atoms. The normalized spacial score (nSPS) is 30.8. The zero-order valence-electron chi connectivity index (χ0n) is 27.1. The molecule has 0 aromatic heterocycles. The molecule has 0 spiro atoms. The Hall–Kier alpha value is -2.25. The maximum Gasteiger partial charge on any atom is 0.715 e. The number of esters is 1. The Morgan fingerprint density at radius 3 is 1.43 bits per heavy atom. The van der Waals surface area contributed by atoms with Gasteiger partial charge in [-0.25, -0.2) is 0 Å². The van der Waals surface area contributed by atoms with Gasteiger partial charge < -0.3 is 56.1 Å². The molecule has 16 nitrogen and oxygen atoms in total. The van der Waals surface area contributed by atoms with Gasteiger partial charge in [-0.15, -0.1) is 0 Å². The quantitative estimate of drug-likeness (QED) is 0.305. The fourth-order valence-corrected chi connectivity index (χ4v) is 5.57. The molecule has 12 saturated heterocycles. The van der Waals surface area contributed by atoms with Crippen LogP contribution in [0.15, 0.2) is 0 Å². The van der Waals surface area contributed by atoms with Crippen LogP contribution in [0.2, 0.25) is 0 Å².